The van der Waals surface area contributed by atoms with Crippen LogP contribution < -0.4 is 5.32 Å². The van der Waals surface area contributed by atoms with Gasteiger partial charge in [-0.3, -0.25) is 0 Å². The summed E-state index contributed by atoms with van der Waals surface area (Å²) < 4.78 is 0. The third-order valence-electron chi connectivity index (χ3n) is 1.38. The number of hydrogen-bond donors (Lipinski definition) is 2. The maximum absolute atomic E-state index is 9.07. The SMILES string of the molecule is C=CCCNCC(O)CC. The van der Waals surface area contributed by atoms with Crippen molar-refractivity contribution in [3.05, 3.63) is 12.7 Å². The molecule has 0 aromatic heterocycles. The quantitative estimate of drug-likeness (QED) is 0.428. The molecule has 0 saturated carbocycles. The van der Waals surface area contributed by atoms with Crippen molar-refractivity contribution in [3.8, 4) is 0 Å². The van der Waals surface area contributed by atoms with E-state index in [1.54, 1.807) is 0 Å². The molecule has 60 valence electrons. The molecule has 0 aromatic rings. The summed E-state index contributed by atoms with van der Waals surface area (Å²) in [5.74, 6) is 0. The topological polar surface area (TPSA) is 32.3 Å². The lowest BCUT2D eigenvalue weighted by atomic mass is 10.3. The van der Waals surface area contributed by atoms with Gasteiger partial charge in [-0.15, -0.1) is 6.58 Å². The fraction of sp³-hybridized carbons (Fsp3) is 0.750. The number of rotatable bonds is 6. The highest BCUT2D eigenvalue weighted by Gasteiger charge is 1.96. The van der Waals surface area contributed by atoms with E-state index in [0.29, 0.717) is 6.54 Å². The largest absolute Gasteiger partial charge is 0.392 e. The summed E-state index contributed by atoms with van der Waals surface area (Å²) in [5, 5.41) is 12.2. The van der Waals surface area contributed by atoms with Gasteiger partial charge in [0.1, 0.15) is 0 Å². The molecule has 0 bridgehead atoms. The highest BCUT2D eigenvalue weighted by atomic mass is 16.3. The molecule has 0 saturated heterocycles. The van der Waals surface area contributed by atoms with E-state index in [1.807, 2.05) is 13.0 Å². The van der Waals surface area contributed by atoms with Crippen molar-refractivity contribution in [2.45, 2.75) is 25.9 Å². The molecule has 10 heavy (non-hydrogen) atoms. The minimum Gasteiger partial charge on any atom is -0.392 e. The average molecular weight is 143 g/mol. The summed E-state index contributed by atoms with van der Waals surface area (Å²) in [4.78, 5) is 0. The molecular weight excluding hydrogens is 126 g/mol. The van der Waals surface area contributed by atoms with Crippen LogP contribution in [0.15, 0.2) is 12.7 Å². The number of aliphatic hydroxyl groups is 1. The number of nitrogens with one attached hydrogen (secondary N) is 1. The summed E-state index contributed by atoms with van der Waals surface area (Å²) in [7, 11) is 0. The molecule has 0 fully saturated rings. The van der Waals surface area contributed by atoms with Crippen LogP contribution in [0.3, 0.4) is 0 Å². The van der Waals surface area contributed by atoms with E-state index in [4.69, 9.17) is 5.11 Å². The minimum atomic E-state index is -0.190. The number of aliphatic hydroxyl groups excluding tert-OH is 1. The predicted octanol–water partition coefficient (Wildman–Crippen LogP) is 0.923. The van der Waals surface area contributed by atoms with Gasteiger partial charge in [-0.05, 0) is 19.4 Å². The maximum Gasteiger partial charge on any atom is 0.0662 e. The Labute approximate surface area is 62.9 Å². The second-order valence-electron chi connectivity index (χ2n) is 2.34. The van der Waals surface area contributed by atoms with Crippen LogP contribution in [-0.4, -0.2) is 24.3 Å². The van der Waals surface area contributed by atoms with Gasteiger partial charge in [0.2, 0.25) is 0 Å². The zero-order valence-electron chi connectivity index (χ0n) is 6.64. The Bertz CT molecular complexity index is 83.3. The second kappa shape index (κ2) is 6.78. The molecule has 0 spiro atoms. The lowest BCUT2D eigenvalue weighted by Crippen LogP contribution is -2.26. The van der Waals surface area contributed by atoms with Gasteiger partial charge in [-0.2, -0.15) is 0 Å². The molecular formula is C8H17NO. The second-order valence-corrected chi connectivity index (χ2v) is 2.34. The van der Waals surface area contributed by atoms with Crippen LogP contribution in [0.2, 0.25) is 0 Å². The Morgan fingerprint density at radius 2 is 2.40 bits per heavy atom. The van der Waals surface area contributed by atoms with E-state index < -0.39 is 0 Å². The molecule has 0 rings (SSSR count). The zero-order chi connectivity index (χ0) is 7.82. The molecule has 0 radical (unpaired) electrons. The van der Waals surface area contributed by atoms with Gasteiger partial charge in [0, 0.05) is 6.54 Å². The van der Waals surface area contributed by atoms with Crippen molar-refractivity contribution >= 4 is 0 Å². The summed E-state index contributed by atoms with van der Waals surface area (Å²) >= 11 is 0. The molecule has 1 atom stereocenters. The number of hydrogen-bond acceptors (Lipinski definition) is 2. The van der Waals surface area contributed by atoms with Crippen molar-refractivity contribution in [3.63, 3.8) is 0 Å². The Morgan fingerprint density at radius 3 is 2.90 bits per heavy atom. The van der Waals surface area contributed by atoms with E-state index in [2.05, 4.69) is 11.9 Å². The van der Waals surface area contributed by atoms with Crippen molar-refractivity contribution in [2.24, 2.45) is 0 Å². The Morgan fingerprint density at radius 1 is 1.70 bits per heavy atom. The Balaban J connectivity index is 2.95. The maximum atomic E-state index is 9.07. The zero-order valence-corrected chi connectivity index (χ0v) is 6.64. The monoisotopic (exact) mass is 143 g/mol. The van der Waals surface area contributed by atoms with Gasteiger partial charge in [-0.1, -0.05) is 13.0 Å². The van der Waals surface area contributed by atoms with E-state index in [1.165, 1.54) is 0 Å². The minimum absolute atomic E-state index is 0.190. The standard InChI is InChI=1S/C8H17NO/c1-3-5-6-9-7-8(10)4-2/h3,8-10H,1,4-7H2,2H3. The van der Waals surface area contributed by atoms with Gasteiger partial charge < -0.3 is 10.4 Å². The normalized spacial score (nSPS) is 13.0. The van der Waals surface area contributed by atoms with Crippen LogP contribution in [0.25, 0.3) is 0 Å². The molecule has 2 N–H and O–H groups in total. The summed E-state index contributed by atoms with van der Waals surface area (Å²) in [6.45, 7) is 7.18. The molecule has 0 aliphatic heterocycles. The van der Waals surface area contributed by atoms with Crippen molar-refractivity contribution in [2.75, 3.05) is 13.1 Å². The van der Waals surface area contributed by atoms with Crippen LogP contribution in [-0.2, 0) is 0 Å². The van der Waals surface area contributed by atoms with Crippen LogP contribution in [0.4, 0.5) is 0 Å². The van der Waals surface area contributed by atoms with Gasteiger partial charge in [-0.25, -0.2) is 0 Å². The molecule has 0 amide bonds. The molecule has 2 nitrogen and oxygen atoms in total. The summed E-state index contributed by atoms with van der Waals surface area (Å²) in [6.07, 6.45) is 3.47. The van der Waals surface area contributed by atoms with E-state index in [0.717, 1.165) is 19.4 Å². The van der Waals surface area contributed by atoms with E-state index >= 15 is 0 Å². The third kappa shape index (κ3) is 5.79. The first-order valence-corrected chi connectivity index (χ1v) is 3.81. The van der Waals surface area contributed by atoms with Gasteiger partial charge in [0.25, 0.3) is 0 Å². The Hall–Kier alpha value is -0.340. The highest BCUT2D eigenvalue weighted by molar-refractivity contribution is 4.68. The average Bonchev–Trinajstić information content (AvgIpc) is 1.98. The fourth-order valence-electron chi connectivity index (χ4n) is 0.617. The fourth-order valence-corrected chi connectivity index (χ4v) is 0.617. The highest BCUT2D eigenvalue weighted by Crippen LogP contribution is 1.86. The van der Waals surface area contributed by atoms with Crippen LogP contribution in [0.1, 0.15) is 19.8 Å². The molecule has 0 aromatic carbocycles. The Kier molecular flexibility index (Phi) is 6.55. The van der Waals surface area contributed by atoms with Crippen LogP contribution in [0.5, 0.6) is 0 Å². The lowest BCUT2D eigenvalue weighted by Gasteiger charge is -2.07. The predicted molar refractivity (Wildman–Crippen MR) is 44.0 cm³/mol. The van der Waals surface area contributed by atoms with E-state index in [-0.39, 0.29) is 6.10 Å². The summed E-state index contributed by atoms with van der Waals surface area (Å²) in [5.41, 5.74) is 0. The summed E-state index contributed by atoms with van der Waals surface area (Å²) in [6, 6.07) is 0. The van der Waals surface area contributed by atoms with Crippen molar-refractivity contribution < 1.29 is 5.11 Å². The molecule has 0 aliphatic carbocycles. The van der Waals surface area contributed by atoms with Gasteiger partial charge >= 0.3 is 0 Å². The molecule has 0 aliphatic rings. The smallest absolute Gasteiger partial charge is 0.0662 e. The van der Waals surface area contributed by atoms with Gasteiger partial charge in [0.15, 0.2) is 0 Å². The molecule has 2 heteroatoms. The lowest BCUT2D eigenvalue weighted by molar-refractivity contribution is 0.168. The van der Waals surface area contributed by atoms with Crippen molar-refractivity contribution in [1.82, 2.24) is 5.32 Å². The van der Waals surface area contributed by atoms with Crippen LogP contribution in [0, 0.1) is 0 Å². The molecule has 0 heterocycles. The molecule has 1 unspecified atom stereocenters. The van der Waals surface area contributed by atoms with Crippen molar-refractivity contribution in [1.29, 1.82) is 0 Å². The first kappa shape index (κ1) is 9.66. The first-order chi connectivity index (χ1) is 4.81. The first-order valence-electron chi connectivity index (χ1n) is 3.81. The van der Waals surface area contributed by atoms with Gasteiger partial charge in [0.05, 0.1) is 6.10 Å². The van der Waals surface area contributed by atoms with Crippen LogP contribution >= 0.6 is 0 Å². The van der Waals surface area contributed by atoms with E-state index in [9.17, 15) is 0 Å². The third-order valence-corrected chi connectivity index (χ3v) is 1.38.